The van der Waals surface area contributed by atoms with Gasteiger partial charge in [0, 0.05) is 0 Å². The van der Waals surface area contributed by atoms with E-state index in [0.29, 0.717) is 0 Å². The highest BCUT2D eigenvalue weighted by Crippen LogP contribution is 2.13. The lowest BCUT2D eigenvalue weighted by molar-refractivity contribution is 0.147. The van der Waals surface area contributed by atoms with Crippen LogP contribution in [0.4, 0.5) is 0 Å². The van der Waals surface area contributed by atoms with Gasteiger partial charge >= 0.3 is 0 Å². The molecular weight excluding hydrogens is 480 g/mol. The molecule has 0 radical (unpaired) electrons. The molecule has 0 heterocycles. The second kappa shape index (κ2) is 34.3. The summed E-state index contributed by atoms with van der Waals surface area (Å²) in [5.74, 6) is 1.01. The predicted molar refractivity (Wildman–Crippen MR) is 178 cm³/mol. The first-order valence-electron chi connectivity index (χ1n) is 16.7. The zero-order chi connectivity index (χ0) is 27.6. The first kappa shape index (κ1) is 37.3. The molecule has 0 fully saturated rings. The minimum Gasteiger partial charge on any atom is -0.393 e. The summed E-state index contributed by atoms with van der Waals surface area (Å²) in [5.41, 5.74) is 0. The average molecular weight is 547 g/mol. The molecule has 0 saturated carbocycles. The highest BCUT2D eigenvalue weighted by Gasteiger charge is 2.03. The molecule has 38 heavy (non-hydrogen) atoms. The normalized spacial score (nSPS) is 13.2. The number of unbranched alkanes of at least 4 members (excludes halogenated alkanes) is 17. The van der Waals surface area contributed by atoms with Gasteiger partial charge in [-0.25, -0.2) is 0 Å². The molecule has 0 amide bonds. The van der Waals surface area contributed by atoms with Gasteiger partial charge in [0.15, 0.2) is 0 Å². The summed E-state index contributed by atoms with van der Waals surface area (Å²) in [4.78, 5) is 0. The molecular formula is C36H66OS. The van der Waals surface area contributed by atoms with Gasteiger partial charge in [0.2, 0.25) is 0 Å². The number of allylic oxidation sites excluding steroid dienone is 8. The maximum atomic E-state index is 10.2. The minimum atomic E-state index is -0.0844. The van der Waals surface area contributed by atoms with Crippen LogP contribution in [0.25, 0.3) is 0 Å². The van der Waals surface area contributed by atoms with Crippen molar-refractivity contribution in [2.75, 3.05) is 5.75 Å². The second-order valence-corrected chi connectivity index (χ2v) is 11.5. The third-order valence-corrected chi connectivity index (χ3v) is 7.54. The molecule has 0 bridgehead atoms. The van der Waals surface area contributed by atoms with Crippen LogP contribution in [-0.2, 0) is 0 Å². The zero-order valence-electron chi connectivity index (χ0n) is 25.5. The third-order valence-electron chi connectivity index (χ3n) is 7.22. The fourth-order valence-corrected chi connectivity index (χ4v) is 4.88. The van der Waals surface area contributed by atoms with Crippen molar-refractivity contribution in [3.8, 4) is 0 Å². The maximum Gasteiger partial charge on any atom is 0.0540 e. The van der Waals surface area contributed by atoms with Crippen LogP contribution < -0.4 is 0 Å². The largest absolute Gasteiger partial charge is 0.393 e. The first-order valence-corrected chi connectivity index (χ1v) is 17.3. The Hall–Kier alpha value is -0.730. The zero-order valence-corrected chi connectivity index (χ0v) is 26.4. The third kappa shape index (κ3) is 33.3. The molecule has 1 atom stereocenters. The lowest BCUT2D eigenvalue weighted by Gasteiger charge is -2.09. The fraction of sp³-hybridized carbons (Fsp3) is 0.778. The summed E-state index contributed by atoms with van der Waals surface area (Å²) in [6, 6.07) is 0. The number of hydrogen-bond acceptors (Lipinski definition) is 2. The van der Waals surface area contributed by atoms with Crippen molar-refractivity contribution in [3.63, 3.8) is 0 Å². The van der Waals surface area contributed by atoms with Gasteiger partial charge in [0.25, 0.3) is 0 Å². The van der Waals surface area contributed by atoms with Gasteiger partial charge in [-0.1, -0.05) is 94.1 Å². The van der Waals surface area contributed by atoms with Crippen molar-refractivity contribution >= 4 is 12.6 Å². The number of aliphatic hydroxyl groups is 1. The summed E-state index contributed by atoms with van der Waals surface area (Å²) >= 11 is 4.25. The van der Waals surface area contributed by atoms with Crippen molar-refractivity contribution in [1.82, 2.24) is 0 Å². The topological polar surface area (TPSA) is 20.2 Å². The van der Waals surface area contributed by atoms with Crippen molar-refractivity contribution in [3.05, 3.63) is 48.6 Å². The second-order valence-electron chi connectivity index (χ2n) is 11.1. The fourth-order valence-electron chi connectivity index (χ4n) is 4.66. The van der Waals surface area contributed by atoms with Crippen LogP contribution in [0.5, 0.6) is 0 Å². The van der Waals surface area contributed by atoms with Gasteiger partial charge in [-0.3, -0.25) is 0 Å². The van der Waals surface area contributed by atoms with E-state index in [0.717, 1.165) is 18.6 Å². The van der Waals surface area contributed by atoms with E-state index in [1.807, 2.05) is 0 Å². The number of aliphatic hydroxyl groups excluding tert-OH is 1. The molecule has 1 nitrogen and oxygen atoms in total. The molecule has 0 aliphatic rings. The number of rotatable bonds is 30. The molecule has 0 aliphatic carbocycles. The summed E-state index contributed by atoms with van der Waals surface area (Å²) < 4.78 is 0. The smallest absolute Gasteiger partial charge is 0.0540 e. The monoisotopic (exact) mass is 546 g/mol. The van der Waals surface area contributed by atoms with Gasteiger partial charge in [0.1, 0.15) is 0 Å². The SMILES string of the molecule is CCCCC/C=C\CCCC/C=C\CCCCCC(O)CCCCC/C=C\CCCC/C=C\CCCCS. The van der Waals surface area contributed by atoms with Crippen LogP contribution >= 0.6 is 12.6 Å². The Morgan fingerprint density at radius 3 is 1.03 bits per heavy atom. The van der Waals surface area contributed by atoms with E-state index in [1.54, 1.807) is 0 Å². The molecule has 0 aromatic heterocycles. The summed E-state index contributed by atoms with van der Waals surface area (Å²) in [6.45, 7) is 2.27. The lowest BCUT2D eigenvalue weighted by atomic mass is 10.0. The summed E-state index contributed by atoms with van der Waals surface area (Å²) in [6.07, 6.45) is 49.8. The van der Waals surface area contributed by atoms with Gasteiger partial charge in [0.05, 0.1) is 6.10 Å². The Labute approximate surface area is 245 Å². The van der Waals surface area contributed by atoms with Crippen molar-refractivity contribution in [1.29, 1.82) is 0 Å². The van der Waals surface area contributed by atoms with E-state index in [1.165, 1.54) is 148 Å². The van der Waals surface area contributed by atoms with Crippen LogP contribution in [-0.4, -0.2) is 17.0 Å². The van der Waals surface area contributed by atoms with Crippen molar-refractivity contribution in [2.45, 2.75) is 174 Å². The molecule has 0 saturated heterocycles. The average Bonchev–Trinajstić information content (AvgIpc) is 2.92. The molecule has 1 N–H and O–H groups in total. The standard InChI is InChI=1S/C36H66OS/c1-2-3-4-5-6-7-8-9-10-12-15-18-21-24-27-30-33-36(37)34-31-28-25-22-19-16-13-11-14-17-20-23-26-29-32-35-38/h6-7,15-16,18-20,23,36-38H,2-5,8-14,17,21-22,24-35H2,1H3/b7-6-,18-15-,19-16-,23-20-. The number of hydrogen-bond donors (Lipinski definition) is 2. The van der Waals surface area contributed by atoms with Crippen molar-refractivity contribution in [2.24, 2.45) is 0 Å². The highest BCUT2D eigenvalue weighted by molar-refractivity contribution is 7.80. The Balaban J connectivity index is 3.32. The maximum absolute atomic E-state index is 10.2. The molecule has 0 aromatic carbocycles. The molecule has 0 aromatic rings. The van der Waals surface area contributed by atoms with Crippen molar-refractivity contribution < 1.29 is 5.11 Å². The van der Waals surface area contributed by atoms with E-state index >= 15 is 0 Å². The van der Waals surface area contributed by atoms with Crippen LogP contribution in [0.1, 0.15) is 167 Å². The minimum absolute atomic E-state index is 0.0844. The van der Waals surface area contributed by atoms with Gasteiger partial charge in [-0.05, 0) is 128 Å². The van der Waals surface area contributed by atoms with Gasteiger partial charge in [-0.2, -0.15) is 12.6 Å². The van der Waals surface area contributed by atoms with E-state index in [9.17, 15) is 5.11 Å². The van der Waals surface area contributed by atoms with Gasteiger partial charge in [-0.15, -0.1) is 0 Å². The van der Waals surface area contributed by atoms with Gasteiger partial charge < -0.3 is 5.11 Å². The van der Waals surface area contributed by atoms with Crippen LogP contribution in [0, 0.1) is 0 Å². The molecule has 1 unspecified atom stereocenters. The van der Waals surface area contributed by atoms with Crippen LogP contribution in [0.3, 0.4) is 0 Å². The summed E-state index contributed by atoms with van der Waals surface area (Å²) in [5, 5.41) is 10.2. The van der Waals surface area contributed by atoms with E-state index in [4.69, 9.17) is 0 Å². The Morgan fingerprint density at radius 1 is 0.421 bits per heavy atom. The first-order chi connectivity index (χ1) is 18.8. The molecule has 0 aliphatic heterocycles. The lowest BCUT2D eigenvalue weighted by Crippen LogP contribution is -2.05. The summed E-state index contributed by atoms with van der Waals surface area (Å²) in [7, 11) is 0. The number of thiol groups is 1. The Bertz CT molecular complexity index is 500. The van der Waals surface area contributed by atoms with Crippen LogP contribution in [0.15, 0.2) is 48.6 Å². The molecule has 2 heteroatoms. The Kier molecular flexibility index (Phi) is 33.6. The van der Waals surface area contributed by atoms with E-state index in [-0.39, 0.29) is 6.10 Å². The molecule has 0 rings (SSSR count). The van der Waals surface area contributed by atoms with E-state index < -0.39 is 0 Å². The Morgan fingerprint density at radius 2 is 0.711 bits per heavy atom. The van der Waals surface area contributed by atoms with Crippen LogP contribution in [0.2, 0.25) is 0 Å². The quantitative estimate of drug-likeness (QED) is 0.0521. The predicted octanol–water partition coefficient (Wildman–Crippen LogP) is 12.3. The highest BCUT2D eigenvalue weighted by atomic mass is 32.1. The molecule has 0 spiro atoms. The molecule has 222 valence electrons. The van der Waals surface area contributed by atoms with E-state index in [2.05, 4.69) is 68.2 Å².